The molecule has 0 aromatic carbocycles. The van der Waals surface area contributed by atoms with E-state index in [1.165, 1.54) is 0 Å². The Morgan fingerprint density at radius 3 is 3.44 bits per heavy atom. The van der Waals surface area contributed by atoms with Gasteiger partial charge >= 0.3 is 0 Å². The van der Waals surface area contributed by atoms with Crippen LogP contribution in [0.25, 0.3) is 0 Å². The van der Waals surface area contributed by atoms with Crippen LogP contribution >= 0.6 is 11.8 Å². The van der Waals surface area contributed by atoms with Gasteiger partial charge in [-0.1, -0.05) is 0 Å². The summed E-state index contributed by atoms with van der Waals surface area (Å²) in [5.41, 5.74) is 0. The highest BCUT2D eigenvalue weighted by Crippen LogP contribution is 2.25. The van der Waals surface area contributed by atoms with Crippen molar-refractivity contribution in [2.75, 3.05) is 11.6 Å². The van der Waals surface area contributed by atoms with Crippen molar-refractivity contribution >= 4 is 17.5 Å². The first-order valence-electron chi connectivity index (χ1n) is 2.93. The summed E-state index contributed by atoms with van der Waals surface area (Å²) in [6, 6.07) is 0.190. The van der Waals surface area contributed by atoms with Crippen LogP contribution in [-0.2, 0) is 4.79 Å². The van der Waals surface area contributed by atoms with Gasteiger partial charge in [0, 0.05) is 12.0 Å². The van der Waals surface area contributed by atoms with Gasteiger partial charge in [-0.2, -0.15) is 0 Å². The number of hydrogen-bond donors (Lipinski definition) is 0. The molecule has 1 fully saturated rings. The van der Waals surface area contributed by atoms with Gasteiger partial charge in [0.25, 0.3) is 0 Å². The van der Waals surface area contributed by atoms with E-state index in [-0.39, 0.29) is 11.8 Å². The average Bonchev–Trinajstić information content (AvgIpc) is 2.35. The maximum absolute atomic E-state index is 10.9. The Morgan fingerprint density at radius 2 is 2.67 bits per heavy atom. The zero-order chi connectivity index (χ0) is 6.27. The van der Waals surface area contributed by atoms with Crippen molar-refractivity contribution in [2.45, 2.75) is 6.04 Å². The van der Waals surface area contributed by atoms with E-state index < -0.39 is 0 Å². The number of rotatable bonds is 0. The number of nitrogens with zero attached hydrogens (tertiary/aromatic N) is 1. The Kier molecular flexibility index (Phi) is 1.05. The van der Waals surface area contributed by atoms with E-state index in [0.717, 1.165) is 11.6 Å². The summed E-state index contributed by atoms with van der Waals surface area (Å²) < 4.78 is 0. The van der Waals surface area contributed by atoms with E-state index in [4.69, 9.17) is 0 Å². The van der Waals surface area contributed by atoms with Crippen LogP contribution in [0.2, 0.25) is 0 Å². The van der Waals surface area contributed by atoms with E-state index in [0.29, 0.717) is 0 Å². The predicted molar refractivity (Wildman–Crippen MR) is 37.1 cm³/mol. The third kappa shape index (κ3) is 0.678. The molecule has 0 bridgehead atoms. The van der Waals surface area contributed by atoms with Gasteiger partial charge < -0.3 is 4.90 Å². The maximum Gasteiger partial charge on any atom is 0.180 e. The molecule has 0 amide bonds. The molecule has 0 saturated carbocycles. The van der Waals surface area contributed by atoms with Crippen molar-refractivity contribution in [1.29, 1.82) is 0 Å². The minimum atomic E-state index is 0.190. The van der Waals surface area contributed by atoms with Crippen molar-refractivity contribution in [2.24, 2.45) is 0 Å². The monoisotopic (exact) mass is 141 g/mol. The number of thioether (sulfide) groups is 1. The highest BCUT2D eigenvalue weighted by Gasteiger charge is 2.31. The molecule has 9 heavy (non-hydrogen) atoms. The third-order valence-corrected chi connectivity index (χ3v) is 2.71. The van der Waals surface area contributed by atoms with Gasteiger partial charge in [-0.3, -0.25) is 4.79 Å². The quantitative estimate of drug-likeness (QED) is 0.488. The van der Waals surface area contributed by atoms with Gasteiger partial charge in [-0.25, -0.2) is 0 Å². The molecule has 2 aliphatic rings. The van der Waals surface area contributed by atoms with E-state index >= 15 is 0 Å². The molecule has 2 nitrogen and oxygen atoms in total. The molecule has 2 rings (SSSR count). The molecule has 0 aliphatic carbocycles. The van der Waals surface area contributed by atoms with Crippen LogP contribution in [0.5, 0.6) is 0 Å². The lowest BCUT2D eigenvalue weighted by atomic mass is 10.2. The molecule has 3 heteroatoms. The fraction of sp³-hybridized carbons (Fsp3) is 0.500. The van der Waals surface area contributed by atoms with Gasteiger partial charge in [-0.15, -0.1) is 11.8 Å². The smallest absolute Gasteiger partial charge is 0.180 e. The standard InChI is InChI=1S/C6H7NOS/c8-6-1-2-7-4-9-3-5(6)7/h1-2,5H,3-4H2/t5-/m0/s1. The Morgan fingerprint density at radius 1 is 1.78 bits per heavy atom. The molecule has 0 radical (unpaired) electrons. The van der Waals surface area contributed by atoms with Crippen LogP contribution in [0.3, 0.4) is 0 Å². The molecule has 0 aromatic rings. The summed E-state index contributed by atoms with van der Waals surface area (Å²) in [4.78, 5) is 13.0. The lowest BCUT2D eigenvalue weighted by Crippen LogP contribution is -2.27. The Balaban J connectivity index is 2.24. The summed E-state index contributed by atoms with van der Waals surface area (Å²) in [6.07, 6.45) is 3.57. The molecule has 0 N–H and O–H groups in total. The summed E-state index contributed by atoms with van der Waals surface area (Å²) in [5.74, 6) is 2.25. The second-order valence-corrected chi connectivity index (χ2v) is 3.25. The third-order valence-electron chi connectivity index (χ3n) is 1.68. The first-order valence-corrected chi connectivity index (χ1v) is 4.09. The second kappa shape index (κ2) is 1.77. The Bertz CT molecular complexity index is 178. The number of ketones is 1. The first kappa shape index (κ1) is 5.35. The molecule has 2 aliphatic heterocycles. The second-order valence-electron chi connectivity index (χ2n) is 2.25. The zero-order valence-corrected chi connectivity index (χ0v) is 5.73. The summed E-state index contributed by atoms with van der Waals surface area (Å²) >= 11 is 1.82. The van der Waals surface area contributed by atoms with Crippen molar-refractivity contribution in [1.82, 2.24) is 4.90 Å². The molecule has 0 unspecified atom stereocenters. The van der Waals surface area contributed by atoms with Crippen LogP contribution in [0, 0.1) is 0 Å². The van der Waals surface area contributed by atoms with Gasteiger partial charge in [0.05, 0.1) is 5.88 Å². The summed E-state index contributed by atoms with van der Waals surface area (Å²) in [6.45, 7) is 0. The molecular formula is C6H7NOS. The van der Waals surface area contributed by atoms with Crippen LogP contribution in [0.4, 0.5) is 0 Å². The predicted octanol–water partition coefficient (Wildman–Crippen LogP) is 0.458. The first-order chi connectivity index (χ1) is 4.38. The van der Waals surface area contributed by atoms with Crippen molar-refractivity contribution < 1.29 is 4.79 Å². The summed E-state index contributed by atoms with van der Waals surface area (Å²) in [5, 5.41) is 0. The number of hydrogen-bond acceptors (Lipinski definition) is 3. The van der Waals surface area contributed by atoms with Crippen molar-refractivity contribution in [3.05, 3.63) is 12.3 Å². The van der Waals surface area contributed by atoms with Crippen LogP contribution in [0.15, 0.2) is 12.3 Å². The van der Waals surface area contributed by atoms with E-state index in [9.17, 15) is 4.79 Å². The average molecular weight is 141 g/mol. The largest absolute Gasteiger partial charge is 0.357 e. The molecule has 2 heterocycles. The molecule has 48 valence electrons. The van der Waals surface area contributed by atoms with E-state index in [1.807, 2.05) is 18.0 Å². The van der Waals surface area contributed by atoms with Gasteiger partial charge in [0.2, 0.25) is 0 Å². The summed E-state index contributed by atoms with van der Waals surface area (Å²) in [7, 11) is 0. The molecular weight excluding hydrogens is 134 g/mol. The van der Waals surface area contributed by atoms with Gasteiger partial charge in [0.1, 0.15) is 6.04 Å². The van der Waals surface area contributed by atoms with E-state index in [2.05, 4.69) is 4.90 Å². The fourth-order valence-corrected chi connectivity index (χ4v) is 2.29. The topological polar surface area (TPSA) is 20.3 Å². The normalized spacial score (nSPS) is 31.8. The molecule has 0 aromatic heterocycles. The van der Waals surface area contributed by atoms with E-state index in [1.54, 1.807) is 6.08 Å². The minimum Gasteiger partial charge on any atom is -0.357 e. The SMILES string of the molecule is O=C1C=CN2CSC[C@@H]12. The van der Waals surface area contributed by atoms with Gasteiger partial charge in [-0.05, 0) is 6.08 Å². The minimum absolute atomic E-state index is 0.190. The lowest BCUT2D eigenvalue weighted by molar-refractivity contribution is -0.116. The van der Waals surface area contributed by atoms with Gasteiger partial charge in [0.15, 0.2) is 5.78 Å². The Labute approximate surface area is 57.9 Å². The highest BCUT2D eigenvalue weighted by atomic mass is 32.2. The lowest BCUT2D eigenvalue weighted by Gasteiger charge is -2.11. The molecule has 1 atom stereocenters. The highest BCUT2D eigenvalue weighted by molar-refractivity contribution is 7.99. The van der Waals surface area contributed by atoms with Crippen molar-refractivity contribution in [3.8, 4) is 0 Å². The number of carbonyl (C=O) groups is 1. The number of fused-ring (bicyclic) bond motifs is 1. The van der Waals surface area contributed by atoms with Crippen LogP contribution in [-0.4, -0.2) is 28.4 Å². The molecule has 1 saturated heterocycles. The Hall–Kier alpha value is -0.440. The van der Waals surface area contributed by atoms with Crippen LogP contribution in [0.1, 0.15) is 0 Å². The van der Waals surface area contributed by atoms with Crippen LogP contribution < -0.4 is 0 Å². The molecule has 0 spiro atoms. The maximum atomic E-state index is 10.9. The zero-order valence-electron chi connectivity index (χ0n) is 4.91. The van der Waals surface area contributed by atoms with Crippen molar-refractivity contribution in [3.63, 3.8) is 0 Å². The fourth-order valence-electron chi connectivity index (χ4n) is 1.13. The number of carbonyl (C=O) groups excluding carboxylic acids is 1.